The molecule has 0 aliphatic rings. The molecule has 0 aromatic rings. The summed E-state index contributed by atoms with van der Waals surface area (Å²) in [6.07, 6.45) is 0. The Kier molecular flexibility index (Phi) is 2.17. The third kappa shape index (κ3) is 18.3. The van der Waals surface area contributed by atoms with Crippen LogP contribution in [-0.2, 0) is 0 Å². The van der Waals surface area contributed by atoms with Crippen molar-refractivity contribution in [3.63, 3.8) is 0 Å². The average molecular weight is 110 g/mol. The Balaban J connectivity index is 2.80. The van der Waals surface area contributed by atoms with E-state index < -0.39 is 6.61 Å². The summed E-state index contributed by atoms with van der Waals surface area (Å²) in [5.74, 6) is 0. The summed E-state index contributed by atoms with van der Waals surface area (Å²) in [7, 11) is 2.81. The van der Waals surface area contributed by atoms with E-state index in [1.54, 1.807) is 0 Å². The minimum atomic E-state index is -1.09. The molecule has 3 radical (unpaired) electrons. The monoisotopic (exact) mass is 109 g/mol. The van der Waals surface area contributed by atoms with Crippen LogP contribution in [0.1, 0.15) is 0 Å². The fourth-order valence-electron chi connectivity index (χ4n) is 0. The molecule has 21 valence electrons. The SMILES string of the molecule is N=[P+]([Si])Cl. The normalized spacial score (nSPS) is 11.0. The molecule has 0 amide bonds. The molecule has 1 unspecified atom stereocenters. The Labute approximate surface area is 33.7 Å². The van der Waals surface area contributed by atoms with Gasteiger partial charge in [0.2, 0.25) is 0 Å². The Bertz CT molecular complexity index is 31.0. The molecule has 0 aromatic heterocycles. The summed E-state index contributed by atoms with van der Waals surface area (Å²) in [5.41, 5.74) is 0. The highest BCUT2D eigenvalue weighted by Crippen LogP contribution is 2.17. The van der Waals surface area contributed by atoms with Gasteiger partial charge in [0.15, 0.2) is 11.2 Å². The fourth-order valence-corrected chi connectivity index (χ4v) is 0. The topological polar surface area (TPSA) is 23.9 Å². The molecule has 0 spiro atoms. The van der Waals surface area contributed by atoms with Crippen molar-refractivity contribution in [3.05, 3.63) is 0 Å². The highest BCUT2D eigenvalue weighted by Gasteiger charge is 1.84. The number of nitrogens with one attached hydrogen (secondary N) is 1. The second kappa shape index (κ2) is 1.88. The Morgan fingerprint density at radius 1 is 2.00 bits per heavy atom. The Hall–Kier alpha value is 0.607. The molecule has 0 saturated carbocycles. The van der Waals surface area contributed by atoms with Gasteiger partial charge in [-0.3, -0.25) is 0 Å². The van der Waals surface area contributed by atoms with Gasteiger partial charge in [-0.25, -0.2) is 0 Å². The molecule has 0 saturated heterocycles. The van der Waals surface area contributed by atoms with E-state index in [4.69, 9.17) is 16.4 Å². The van der Waals surface area contributed by atoms with Crippen LogP contribution in [-0.4, -0.2) is 9.91 Å². The maximum atomic E-state index is 6.33. The van der Waals surface area contributed by atoms with Gasteiger partial charge in [-0.1, -0.05) is 0 Å². The van der Waals surface area contributed by atoms with Crippen molar-refractivity contribution in [2.24, 2.45) is 0 Å². The van der Waals surface area contributed by atoms with Crippen LogP contribution >= 0.6 is 17.9 Å². The van der Waals surface area contributed by atoms with E-state index in [2.05, 4.69) is 9.91 Å². The molecular weight excluding hydrogens is 109 g/mol. The Morgan fingerprint density at radius 2 is 2.00 bits per heavy atom. The summed E-state index contributed by atoms with van der Waals surface area (Å²) in [6.45, 7) is -1.09. The lowest BCUT2D eigenvalue weighted by Crippen LogP contribution is -1.22. The molecule has 1 atom stereocenters. The first-order valence-electron chi connectivity index (χ1n) is 0.616. The largest absolute Gasteiger partial charge is 0.466 e. The van der Waals surface area contributed by atoms with Crippen LogP contribution in [0.2, 0.25) is 0 Å². The first-order valence-corrected chi connectivity index (χ1v) is 4.20. The lowest BCUT2D eigenvalue weighted by molar-refractivity contribution is 1.65. The van der Waals surface area contributed by atoms with Gasteiger partial charge in [0.1, 0.15) is 0 Å². The van der Waals surface area contributed by atoms with Crippen LogP contribution in [0.25, 0.3) is 0 Å². The third-order valence-electron chi connectivity index (χ3n) is 0. The number of hydrogen-bond donors (Lipinski definition) is 1. The number of rotatable bonds is 0. The minimum absolute atomic E-state index is 1.09. The van der Waals surface area contributed by atoms with Crippen molar-refractivity contribution in [2.75, 3.05) is 0 Å². The molecule has 0 aromatic carbocycles. The van der Waals surface area contributed by atoms with Gasteiger partial charge in [0.05, 0.1) is 0 Å². The number of hydrogen-bond acceptors (Lipinski definition) is 1. The van der Waals surface area contributed by atoms with Crippen molar-refractivity contribution in [3.8, 4) is 0 Å². The first kappa shape index (κ1) is 4.61. The second-order valence-electron chi connectivity index (χ2n) is 0.281. The molecule has 1 nitrogen and oxygen atoms in total. The molecule has 0 bridgehead atoms. The molecular formula is HClNPSi+. The summed E-state index contributed by atoms with van der Waals surface area (Å²) in [5, 5.41) is 6.33. The van der Waals surface area contributed by atoms with Crippen molar-refractivity contribution in [1.29, 1.82) is 5.16 Å². The van der Waals surface area contributed by atoms with Crippen LogP contribution in [0.5, 0.6) is 0 Å². The molecule has 0 heterocycles. The average Bonchev–Trinajstić information content (AvgIpc) is 0.811. The van der Waals surface area contributed by atoms with E-state index in [1.165, 1.54) is 0 Å². The van der Waals surface area contributed by atoms with Crippen molar-refractivity contribution < 1.29 is 0 Å². The van der Waals surface area contributed by atoms with E-state index in [9.17, 15) is 0 Å². The summed E-state index contributed by atoms with van der Waals surface area (Å²) in [4.78, 5) is 0. The summed E-state index contributed by atoms with van der Waals surface area (Å²) >= 11 is 4.92. The first-order chi connectivity index (χ1) is 1.73. The van der Waals surface area contributed by atoms with Gasteiger partial charge in [-0.15, -0.1) is 5.16 Å². The predicted octanol–water partition coefficient (Wildman–Crippen LogP) is 1.47. The molecule has 0 fully saturated rings. The maximum absolute atomic E-state index is 6.33. The van der Waals surface area contributed by atoms with Gasteiger partial charge in [-0.05, 0) is 0 Å². The van der Waals surface area contributed by atoms with Crippen LogP contribution in [0.4, 0.5) is 0 Å². The zero-order chi connectivity index (χ0) is 3.58. The van der Waals surface area contributed by atoms with Gasteiger partial charge in [-0.2, -0.15) is 0 Å². The number of halogens is 1. The van der Waals surface area contributed by atoms with Crippen LogP contribution < -0.4 is 0 Å². The zero-order valence-corrected chi connectivity index (χ0v) is 4.48. The van der Waals surface area contributed by atoms with E-state index >= 15 is 0 Å². The van der Waals surface area contributed by atoms with Crippen molar-refractivity contribution >= 4 is 27.8 Å². The maximum Gasteiger partial charge on any atom is 0.466 e. The van der Waals surface area contributed by atoms with Crippen LogP contribution in [0.15, 0.2) is 0 Å². The third-order valence-corrected chi connectivity index (χ3v) is 0. The zero-order valence-electron chi connectivity index (χ0n) is 1.83. The van der Waals surface area contributed by atoms with E-state index in [0.717, 1.165) is 0 Å². The van der Waals surface area contributed by atoms with Gasteiger partial charge < -0.3 is 0 Å². The quantitative estimate of drug-likeness (QED) is 0.360. The second-order valence-corrected chi connectivity index (χ2v) is 4.05. The highest BCUT2D eigenvalue weighted by atomic mass is 35.7. The van der Waals surface area contributed by atoms with Crippen LogP contribution in [0.3, 0.4) is 0 Å². The van der Waals surface area contributed by atoms with Crippen molar-refractivity contribution in [2.45, 2.75) is 0 Å². The fraction of sp³-hybridized carbons (Fsp3) is 0. The Morgan fingerprint density at radius 3 is 2.00 bits per heavy atom. The van der Waals surface area contributed by atoms with Crippen molar-refractivity contribution in [1.82, 2.24) is 0 Å². The van der Waals surface area contributed by atoms with E-state index in [1.807, 2.05) is 0 Å². The van der Waals surface area contributed by atoms with Gasteiger partial charge >= 0.3 is 9.91 Å². The summed E-state index contributed by atoms with van der Waals surface area (Å²) in [6, 6.07) is 0. The smallest absolute Gasteiger partial charge is 0.122 e. The van der Waals surface area contributed by atoms with Gasteiger partial charge in [0.25, 0.3) is 6.61 Å². The molecule has 4 heavy (non-hydrogen) atoms. The molecule has 4 heteroatoms. The highest BCUT2D eigenvalue weighted by molar-refractivity contribution is 7.94. The lowest BCUT2D eigenvalue weighted by atomic mass is 14.0. The van der Waals surface area contributed by atoms with Crippen LogP contribution in [0, 0.1) is 5.16 Å². The molecule has 0 rings (SSSR count). The summed E-state index contributed by atoms with van der Waals surface area (Å²) < 4.78 is 0. The molecule has 1 N–H and O–H groups in total. The molecule has 0 aliphatic heterocycles. The molecule has 0 aliphatic carbocycles. The van der Waals surface area contributed by atoms with Gasteiger partial charge in [0, 0.05) is 0 Å². The minimum Gasteiger partial charge on any atom is -0.122 e. The lowest BCUT2D eigenvalue weighted by Gasteiger charge is -1.36. The van der Waals surface area contributed by atoms with E-state index in [0.29, 0.717) is 0 Å². The standard InChI is InChI=1S/ClHNPSi/c1-3(2)4/h2H/q+1. The predicted molar refractivity (Wildman–Crippen MR) is 21.2 cm³/mol. The van der Waals surface area contributed by atoms with E-state index in [-0.39, 0.29) is 0 Å².